The zero-order valence-electron chi connectivity index (χ0n) is 13.7. The summed E-state index contributed by atoms with van der Waals surface area (Å²) in [5.41, 5.74) is 1.77. The van der Waals surface area contributed by atoms with Gasteiger partial charge in [0, 0.05) is 30.0 Å². The van der Waals surface area contributed by atoms with Crippen molar-refractivity contribution >= 4 is 22.3 Å². The normalized spacial score (nSPS) is 13.5. The highest BCUT2D eigenvalue weighted by Gasteiger charge is 2.11. The van der Waals surface area contributed by atoms with Gasteiger partial charge in [-0.3, -0.25) is 4.99 Å². The third kappa shape index (κ3) is 3.72. The number of aliphatic imine (C=N–C) groups is 1. The van der Waals surface area contributed by atoms with Gasteiger partial charge in [-0.15, -0.1) is 11.3 Å². The van der Waals surface area contributed by atoms with E-state index in [1.165, 1.54) is 17.4 Å². The Bertz CT molecular complexity index is 954. The summed E-state index contributed by atoms with van der Waals surface area (Å²) >= 11 is 1.52. The lowest BCUT2D eigenvalue weighted by atomic mass is 10.2. The number of ether oxygens (including phenoxy) is 1. The van der Waals surface area contributed by atoms with Gasteiger partial charge in [-0.25, -0.2) is 13.8 Å². The van der Waals surface area contributed by atoms with Crippen molar-refractivity contribution in [2.75, 3.05) is 11.9 Å². The van der Waals surface area contributed by atoms with Gasteiger partial charge in [0.2, 0.25) is 0 Å². The number of benzene rings is 2. The van der Waals surface area contributed by atoms with Gasteiger partial charge in [-0.2, -0.15) is 0 Å². The molecule has 0 saturated carbocycles. The summed E-state index contributed by atoms with van der Waals surface area (Å²) in [4.78, 5) is 8.94. The van der Waals surface area contributed by atoms with E-state index in [1.807, 2.05) is 17.5 Å². The Kier molecular flexibility index (Phi) is 4.62. The second-order valence-corrected chi connectivity index (χ2v) is 6.65. The van der Waals surface area contributed by atoms with Crippen molar-refractivity contribution in [3.8, 4) is 22.8 Å². The molecule has 0 fully saturated rings. The van der Waals surface area contributed by atoms with Crippen molar-refractivity contribution < 1.29 is 13.5 Å². The Morgan fingerprint density at radius 1 is 1.08 bits per heavy atom. The summed E-state index contributed by atoms with van der Waals surface area (Å²) in [6.45, 7) is 0.872. The van der Waals surface area contributed by atoms with Crippen LogP contribution in [0.5, 0.6) is 11.5 Å². The minimum atomic E-state index is -0.737. The molecule has 0 radical (unpaired) electrons. The molecular formula is C19H15F2N3OS. The van der Waals surface area contributed by atoms with Gasteiger partial charge in [0.15, 0.2) is 16.7 Å². The van der Waals surface area contributed by atoms with Crippen LogP contribution in [0.1, 0.15) is 12.8 Å². The lowest BCUT2D eigenvalue weighted by Gasteiger charge is -2.07. The van der Waals surface area contributed by atoms with E-state index in [2.05, 4.69) is 15.3 Å². The van der Waals surface area contributed by atoms with Crippen LogP contribution < -0.4 is 10.1 Å². The quantitative estimate of drug-likeness (QED) is 0.660. The molecule has 0 aliphatic carbocycles. The SMILES string of the molecule is Fc1ccc(Oc2ccc(-c3csc(NC4=NCCC4)n3)cc2)c(F)c1. The average Bonchev–Trinajstić information content (AvgIpc) is 3.31. The predicted octanol–water partition coefficient (Wildman–Crippen LogP) is 5.48. The number of rotatable bonds is 4. The molecule has 0 saturated heterocycles. The maximum absolute atomic E-state index is 13.7. The lowest BCUT2D eigenvalue weighted by Crippen LogP contribution is -2.07. The van der Waals surface area contributed by atoms with Crippen molar-refractivity contribution in [3.05, 3.63) is 59.5 Å². The van der Waals surface area contributed by atoms with Gasteiger partial charge >= 0.3 is 0 Å². The fourth-order valence-electron chi connectivity index (χ4n) is 2.61. The molecule has 0 bridgehead atoms. The Morgan fingerprint density at radius 3 is 2.65 bits per heavy atom. The minimum absolute atomic E-state index is 0.0170. The highest BCUT2D eigenvalue weighted by Crippen LogP contribution is 2.29. The molecule has 26 heavy (non-hydrogen) atoms. The number of amidine groups is 1. The highest BCUT2D eigenvalue weighted by molar-refractivity contribution is 7.14. The summed E-state index contributed by atoms with van der Waals surface area (Å²) in [5.74, 6) is 0.0570. The molecule has 132 valence electrons. The molecule has 1 aliphatic heterocycles. The smallest absolute Gasteiger partial charge is 0.188 e. The molecule has 1 aliphatic rings. The van der Waals surface area contributed by atoms with Crippen molar-refractivity contribution in [3.63, 3.8) is 0 Å². The van der Waals surface area contributed by atoms with E-state index in [1.54, 1.807) is 12.1 Å². The predicted molar refractivity (Wildman–Crippen MR) is 99.1 cm³/mol. The zero-order chi connectivity index (χ0) is 17.9. The van der Waals surface area contributed by atoms with Crippen LogP contribution in [0.15, 0.2) is 52.8 Å². The van der Waals surface area contributed by atoms with Crippen molar-refractivity contribution in [1.29, 1.82) is 0 Å². The maximum Gasteiger partial charge on any atom is 0.188 e. The first-order valence-electron chi connectivity index (χ1n) is 8.16. The third-order valence-corrected chi connectivity index (χ3v) is 4.66. The van der Waals surface area contributed by atoms with Gasteiger partial charge < -0.3 is 10.1 Å². The van der Waals surface area contributed by atoms with E-state index in [-0.39, 0.29) is 5.75 Å². The Balaban J connectivity index is 1.46. The number of anilines is 1. The summed E-state index contributed by atoms with van der Waals surface area (Å²) in [6, 6.07) is 10.4. The number of thiazole rings is 1. The molecule has 1 aromatic heterocycles. The van der Waals surface area contributed by atoms with Crippen molar-refractivity contribution in [1.82, 2.24) is 4.98 Å². The van der Waals surface area contributed by atoms with Crippen LogP contribution in [0.3, 0.4) is 0 Å². The number of nitrogens with zero attached hydrogens (tertiary/aromatic N) is 2. The van der Waals surface area contributed by atoms with E-state index in [0.29, 0.717) is 5.75 Å². The van der Waals surface area contributed by atoms with Gasteiger partial charge in [0.25, 0.3) is 0 Å². The fraction of sp³-hybridized carbons (Fsp3) is 0.158. The maximum atomic E-state index is 13.7. The molecule has 2 heterocycles. The van der Waals surface area contributed by atoms with Gasteiger partial charge in [0.1, 0.15) is 17.4 Å². The molecular weight excluding hydrogens is 356 g/mol. The topological polar surface area (TPSA) is 46.5 Å². The van der Waals surface area contributed by atoms with Crippen molar-refractivity contribution in [2.24, 2.45) is 4.99 Å². The second-order valence-electron chi connectivity index (χ2n) is 5.80. The zero-order valence-corrected chi connectivity index (χ0v) is 14.5. The number of aromatic nitrogens is 1. The Morgan fingerprint density at radius 2 is 1.92 bits per heavy atom. The molecule has 0 atom stereocenters. The highest BCUT2D eigenvalue weighted by atomic mass is 32.1. The largest absolute Gasteiger partial charge is 0.454 e. The Hall–Kier alpha value is -2.80. The summed E-state index contributed by atoms with van der Waals surface area (Å²) < 4.78 is 32.1. The van der Waals surface area contributed by atoms with Crippen LogP contribution >= 0.6 is 11.3 Å². The van der Waals surface area contributed by atoms with Crippen LogP contribution in [-0.2, 0) is 0 Å². The lowest BCUT2D eigenvalue weighted by molar-refractivity contribution is 0.438. The van der Waals surface area contributed by atoms with Crippen LogP contribution in [0, 0.1) is 11.6 Å². The van der Waals surface area contributed by atoms with E-state index in [4.69, 9.17) is 4.74 Å². The molecule has 2 aromatic carbocycles. The number of halogens is 2. The molecule has 4 rings (SSSR count). The first-order valence-corrected chi connectivity index (χ1v) is 9.04. The first kappa shape index (κ1) is 16.7. The summed E-state index contributed by atoms with van der Waals surface area (Å²) in [5, 5.41) is 6.03. The van der Waals surface area contributed by atoms with E-state index in [9.17, 15) is 8.78 Å². The average molecular weight is 371 g/mol. The molecule has 1 N–H and O–H groups in total. The molecule has 0 unspecified atom stereocenters. The number of hydrogen-bond acceptors (Lipinski definition) is 5. The molecule has 3 aromatic rings. The monoisotopic (exact) mass is 371 g/mol. The van der Waals surface area contributed by atoms with E-state index in [0.717, 1.165) is 53.7 Å². The van der Waals surface area contributed by atoms with Crippen LogP contribution in [0.4, 0.5) is 13.9 Å². The Labute approximate surface area is 153 Å². The van der Waals surface area contributed by atoms with E-state index >= 15 is 0 Å². The van der Waals surface area contributed by atoms with Crippen LogP contribution in [-0.4, -0.2) is 17.4 Å². The van der Waals surface area contributed by atoms with Gasteiger partial charge in [0.05, 0.1) is 5.69 Å². The summed E-state index contributed by atoms with van der Waals surface area (Å²) in [7, 11) is 0. The standard InChI is InChI=1S/C19H15F2N3OS/c20-13-5-8-17(15(21)10-13)25-14-6-3-12(4-7-14)16-11-26-19(23-16)24-18-2-1-9-22-18/h3-8,10-11H,1-2,9H2,(H,22,23,24). The van der Waals surface area contributed by atoms with Crippen LogP contribution in [0.2, 0.25) is 0 Å². The fourth-order valence-corrected chi connectivity index (χ4v) is 3.35. The first-order chi connectivity index (χ1) is 12.7. The molecule has 0 amide bonds. The molecule has 4 nitrogen and oxygen atoms in total. The third-order valence-electron chi connectivity index (χ3n) is 3.90. The second kappa shape index (κ2) is 7.21. The van der Waals surface area contributed by atoms with E-state index < -0.39 is 11.6 Å². The summed E-state index contributed by atoms with van der Waals surface area (Å²) in [6.07, 6.45) is 2.04. The number of hydrogen-bond donors (Lipinski definition) is 1. The molecule has 7 heteroatoms. The number of nitrogens with one attached hydrogen (secondary N) is 1. The molecule has 0 spiro atoms. The van der Waals surface area contributed by atoms with Crippen LogP contribution in [0.25, 0.3) is 11.3 Å². The van der Waals surface area contributed by atoms with Gasteiger partial charge in [-0.1, -0.05) is 0 Å². The minimum Gasteiger partial charge on any atom is -0.454 e. The van der Waals surface area contributed by atoms with Gasteiger partial charge in [-0.05, 0) is 42.8 Å². The van der Waals surface area contributed by atoms with Crippen molar-refractivity contribution in [2.45, 2.75) is 12.8 Å².